The Balaban J connectivity index is 0.00000320. The maximum absolute atomic E-state index is 11.8. The molecule has 2 aliphatic rings. The third kappa shape index (κ3) is 6.00. The van der Waals surface area contributed by atoms with E-state index in [1.165, 1.54) is 22.7 Å². The highest BCUT2D eigenvalue weighted by Gasteiger charge is 2.43. The van der Waals surface area contributed by atoms with Crippen molar-refractivity contribution in [1.29, 1.82) is 0 Å². The molecule has 7 nitrogen and oxygen atoms in total. The summed E-state index contributed by atoms with van der Waals surface area (Å²) in [6.45, 7) is 2.81. The van der Waals surface area contributed by atoms with Crippen LogP contribution in [0.3, 0.4) is 0 Å². The fourth-order valence-electron chi connectivity index (χ4n) is 4.30. The molecule has 1 saturated carbocycles. The van der Waals surface area contributed by atoms with E-state index in [9.17, 15) is 8.42 Å². The normalized spacial score (nSPS) is 20.4. The van der Waals surface area contributed by atoms with Gasteiger partial charge in [0.2, 0.25) is 10.0 Å². The van der Waals surface area contributed by atoms with Crippen LogP contribution in [0.15, 0.2) is 29.3 Å². The van der Waals surface area contributed by atoms with Crippen LogP contribution in [-0.2, 0) is 10.0 Å². The second-order valence-electron chi connectivity index (χ2n) is 8.01. The summed E-state index contributed by atoms with van der Waals surface area (Å²) >= 11 is 0. The lowest BCUT2D eigenvalue weighted by molar-refractivity contribution is 0.0396. The Bertz CT molecular complexity index is 825. The first-order valence-electron chi connectivity index (χ1n) is 10.6. The van der Waals surface area contributed by atoms with Crippen molar-refractivity contribution < 1.29 is 13.2 Å². The first kappa shape index (κ1) is 25.2. The average Bonchev–Trinajstić information content (AvgIpc) is 3.17. The number of fused-ring (bicyclic) bond motifs is 1. The van der Waals surface area contributed by atoms with E-state index < -0.39 is 10.0 Å². The molecule has 0 radical (unpaired) electrons. The van der Waals surface area contributed by atoms with Crippen molar-refractivity contribution in [1.82, 2.24) is 14.9 Å². The van der Waals surface area contributed by atoms with Gasteiger partial charge in [0.15, 0.2) is 5.96 Å². The number of hydrogen-bond donors (Lipinski definition) is 2. The van der Waals surface area contributed by atoms with Gasteiger partial charge in [0.1, 0.15) is 11.4 Å². The molecule has 1 unspecified atom stereocenters. The smallest absolute Gasteiger partial charge is 0.213 e. The maximum Gasteiger partial charge on any atom is 0.213 e. The van der Waals surface area contributed by atoms with Gasteiger partial charge in [-0.05, 0) is 45.1 Å². The van der Waals surface area contributed by atoms with Gasteiger partial charge in [-0.2, -0.15) is 0 Å². The number of halogens is 1. The van der Waals surface area contributed by atoms with Crippen LogP contribution in [0.5, 0.6) is 5.75 Å². The standard InChI is InChI=1S/C21H34N4O3S.HI/c1-4-29(26,27)25(3)15-9-14-23-20(22-2)24-18-16-21(12-7-8-13-21)28-19-11-6-5-10-17(18)19;/h5-6,10-11,18H,4,7-9,12-16H2,1-3H3,(H2,22,23,24);1H. The number of guanidine groups is 1. The zero-order chi connectivity index (χ0) is 20.9. The van der Waals surface area contributed by atoms with E-state index >= 15 is 0 Å². The van der Waals surface area contributed by atoms with Gasteiger partial charge in [0.25, 0.3) is 0 Å². The van der Waals surface area contributed by atoms with Gasteiger partial charge in [-0.25, -0.2) is 12.7 Å². The second kappa shape index (κ2) is 11.0. The molecule has 1 atom stereocenters. The van der Waals surface area contributed by atoms with Crippen LogP contribution in [0.25, 0.3) is 0 Å². The molecular weight excluding hydrogens is 515 g/mol. The molecule has 3 rings (SSSR count). The van der Waals surface area contributed by atoms with Crippen LogP contribution in [0, 0.1) is 0 Å². The summed E-state index contributed by atoms with van der Waals surface area (Å²) in [6.07, 6.45) is 6.28. The summed E-state index contributed by atoms with van der Waals surface area (Å²) in [5.41, 5.74) is 1.10. The average molecular weight is 551 g/mol. The van der Waals surface area contributed by atoms with Crippen molar-refractivity contribution in [3.8, 4) is 5.75 Å². The van der Waals surface area contributed by atoms with Gasteiger partial charge in [0, 0.05) is 39.2 Å². The highest BCUT2D eigenvalue weighted by molar-refractivity contribution is 14.0. The zero-order valence-electron chi connectivity index (χ0n) is 18.2. The van der Waals surface area contributed by atoms with Crippen LogP contribution in [0.2, 0.25) is 0 Å². The lowest BCUT2D eigenvalue weighted by atomic mass is 9.86. The summed E-state index contributed by atoms with van der Waals surface area (Å²) in [4.78, 5) is 4.37. The number of rotatable bonds is 7. The van der Waals surface area contributed by atoms with Gasteiger partial charge < -0.3 is 15.4 Å². The van der Waals surface area contributed by atoms with Gasteiger partial charge in [0.05, 0.1) is 11.8 Å². The van der Waals surface area contributed by atoms with E-state index in [1.807, 2.05) is 12.1 Å². The number of benzene rings is 1. The summed E-state index contributed by atoms with van der Waals surface area (Å²) in [7, 11) is 0.267. The molecule has 2 N–H and O–H groups in total. The van der Waals surface area contributed by atoms with Gasteiger partial charge >= 0.3 is 0 Å². The van der Waals surface area contributed by atoms with Gasteiger partial charge in [-0.15, -0.1) is 24.0 Å². The van der Waals surface area contributed by atoms with Crippen LogP contribution in [0.1, 0.15) is 57.1 Å². The summed E-state index contributed by atoms with van der Waals surface area (Å²) < 4.78 is 31.5. The lowest BCUT2D eigenvalue weighted by Crippen LogP contribution is -2.47. The SMILES string of the molecule is CCS(=O)(=O)N(C)CCCNC(=NC)NC1CC2(CCCC2)Oc2ccccc21.I. The summed E-state index contributed by atoms with van der Waals surface area (Å²) in [6, 6.07) is 8.39. The van der Waals surface area contributed by atoms with Gasteiger partial charge in [-0.1, -0.05) is 18.2 Å². The minimum absolute atomic E-state index is 0. The van der Waals surface area contributed by atoms with Crippen molar-refractivity contribution in [3.05, 3.63) is 29.8 Å². The largest absolute Gasteiger partial charge is 0.487 e. The van der Waals surface area contributed by atoms with E-state index in [1.54, 1.807) is 21.0 Å². The Hall–Kier alpha value is -1.07. The molecule has 1 spiro atoms. The number of sulfonamides is 1. The van der Waals surface area contributed by atoms with Crippen LogP contribution < -0.4 is 15.4 Å². The maximum atomic E-state index is 11.8. The third-order valence-electron chi connectivity index (χ3n) is 6.03. The summed E-state index contributed by atoms with van der Waals surface area (Å²) in [5, 5.41) is 6.90. The number of nitrogens with zero attached hydrogens (tertiary/aromatic N) is 2. The molecule has 1 aromatic rings. The highest BCUT2D eigenvalue weighted by atomic mass is 127. The quantitative estimate of drug-likeness (QED) is 0.236. The van der Waals surface area contributed by atoms with Crippen molar-refractivity contribution in [2.24, 2.45) is 4.99 Å². The van der Waals surface area contributed by atoms with Crippen LogP contribution >= 0.6 is 24.0 Å². The monoisotopic (exact) mass is 550 g/mol. The Morgan fingerprint density at radius 1 is 1.30 bits per heavy atom. The fraction of sp³-hybridized carbons (Fsp3) is 0.667. The number of aliphatic imine (C=N–C) groups is 1. The van der Waals surface area contributed by atoms with Crippen LogP contribution in [0.4, 0.5) is 0 Å². The Kier molecular flexibility index (Phi) is 9.23. The van der Waals surface area contributed by atoms with E-state index in [2.05, 4.69) is 27.8 Å². The molecule has 1 aromatic carbocycles. The lowest BCUT2D eigenvalue weighted by Gasteiger charge is -2.40. The number of ether oxygens (including phenoxy) is 1. The predicted molar refractivity (Wildman–Crippen MR) is 132 cm³/mol. The molecule has 1 aliphatic heterocycles. The predicted octanol–water partition coefficient (Wildman–Crippen LogP) is 3.28. The number of hydrogen-bond acceptors (Lipinski definition) is 4. The van der Waals surface area contributed by atoms with E-state index in [4.69, 9.17) is 4.74 Å². The summed E-state index contributed by atoms with van der Waals surface area (Å²) in [5.74, 6) is 1.84. The Morgan fingerprint density at radius 2 is 2.00 bits per heavy atom. The zero-order valence-corrected chi connectivity index (χ0v) is 21.3. The Labute approximate surface area is 198 Å². The molecule has 170 valence electrons. The van der Waals surface area contributed by atoms with Crippen LogP contribution in [-0.4, -0.2) is 57.2 Å². The van der Waals surface area contributed by atoms with Gasteiger partial charge in [-0.3, -0.25) is 4.99 Å². The Morgan fingerprint density at radius 3 is 2.67 bits per heavy atom. The third-order valence-corrected chi connectivity index (χ3v) is 7.89. The highest BCUT2D eigenvalue weighted by Crippen LogP contribution is 2.46. The molecule has 0 amide bonds. The van der Waals surface area contributed by atoms with Crippen molar-refractivity contribution >= 4 is 40.0 Å². The van der Waals surface area contributed by atoms with E-state index in [-0.39, 0.29) is 41.4 Å². The molecular formula is C21H35IN4O3S. The molecule has 0 saturated heterocycles. The van der Waals surface area contributed by atoms with Crippen molar-refractivity contribution in [3.63, 3.8) is 0 Å². The van der Waals surface area contributed by atoms with Crippen molar-refractivity contribution in [2.75, 3.05) is 32.9 Å². The fourth-order valence-corrected chi connectivity index (χ4v) is 5.15. The molecule has 1 fully saturated rings. The molecule has 30 heavy (non-hydrogen) atoms. The molecule has 1 aliphatic carbocycles. The minimum atomic E-state index is -3.13. The van der Waals surface area contributed by atoms with E-state index in [0.29, 0.717) is 19.5 Å². The molecule has 0 aromatic heterocycles. The number of nitrogens with one attached hydrogen (secondary N) is 2. The molecule has 9 heteroatoms. The first-order valence-corrected chi connectivity index (χ1v) is 12.2. The first-order chi connectivity index (χ1) is 13.9. The second-order valence-corrected chi connectivity index (χ2v) is 10.4. The van der Waals surface area contributed by atoms with Crippen molar-refractivity contribution in [2.45, 2.75) is 57.1 Å². The van der Waals surface area contributed by atoms with E-state index in [0.717, 1.165) is 31.0 Å². The number of para-hydroxylation sites is 1. The topological polar surface area (TPSA) is 83.0 Å². The molecule has 0 bridgehead atoms. The molecule has 1 heterocycles. The minimum Gasteiger partial charge on any atom is -0.487 e.